The first kappa shape index (κ1) is 67.9. The standard InChI is InChI=1S/C106H86N2S3/c1-103(2,3)65-47-63(48-66(51-65)104(4,5)6)97-81-43-39-61-27-19-21-33-73(61)99(81)101-79-37-25-23-35-75(79)89(55-87(97)101)107(69-29-15-13-16-30-69)71-41-45-77-83-57-95-85(59-93(83)109-91(77)53-71)86-60-94-84(58-96(86)111-95)78-46-42-72(54-92(78)110-94)108(70-31-17-14-18-32-70)90-56-88-98(64-49-67(105(7,8)9)52-68(50-64)106(10,11)12)82-44-40-62-28-20-22-34-74(62)100(82)102(88)80-38-26-24-36-76(80)90/h13-60,97-98H,1-12H3. The Morgan fingerprint density at radius 1 is 0.216 bits per heavy atom. The van der Waals surface area contributed by atoms with Crippen molar-refractivity contribution in [2.45, 2.75) is 117 Å². The quantitative estimate of drug-likeness (QED) is 0.150. The molecule has 3 heterocycles. The molecule has 0 bridgehead atoms. The summed E-state index contributed by atoms with van der Waals surface area (Å²) >= 11 is 5.77. The molecule has 2 unspecified atom stereocenters. The van der Waals surface area contributed by atoms with Crippen molar-refractivity contribution in [1.29, 1.82) is 0 Å². The zero-order valence-corrected chi connectivity index (χ0v) is 67.4. The van der Waals surface area contributed by atoms with Gasteiger partial charge in [0, 0.05) is 106 Å². The maximum absolute atomic E-state index is 2.58. The Balaban J connectivity index is 0.690. The minimum Gasteiger partial charge on any atom is -0.310 e. The second kappa shape index (κ2) is 24.7. The van der Waals surface area contributed by atoms with Crippen LogP contribution in [0, 0.1) is 0 Å². The summed E-state index contributed by atoms with van der Waals surface area (Å²) in [6, 6.07) is 113. The van der Waals surface area contributed by atoms with Crippen LogP contribution in [0.25, 0.3) is 126 Å². The lowest BCUT2D eigenvalue weighted by molar-refractivity contribution is 0.566. The van der Waals surface area contributed by atoms with Gasteiger partial charge in [-0.3, -0.25) is 0 Å². The number of hydrogen-bond donors (Lipinski definition) is 0. The van der Waals surface area contributed by atoms with E-state index >= 15 is 0 Å². The van der Waals surface area contributed by atoms with E-state index < -0.39 is 0 Å². The van der Waals surface area contributed by atoms with Gasteiger partial charge < -0.3 is 9.80 Å². The molecule has 111 heavy (non-hydrogen) atoms. The van der Waals surface area contributed by atoms with Crippen LogP contribution in [0.1, 0.15) is 151 Å². The van der Waals surface area contributed by atoms with Crippen molar-refractivity contribution in [2.75, 3.05) is 9.80 Å². The van der Waals surface area contributed by atoms with Crippen molar-refractivity contribution in [3.05, 3.63) is 347 Å². The molecule has 0 spiro atoms. The molecular formula is C106H86N2S3. The molecule has 0 aliphatic heterocycles. The molecule has 0 saturated heterocycles. The van der Waals surface area contributed by atoms with Crippen LogP contribution in [0.15, 0.2) is 291 Å². The molecule has 3 aromatic heterocycles. The van der Waals surface area contributed by atoms with E-state index in [1.165, 1.54) is 193 Å². The van der Waals surface area contributed by atoms with E-state index in [4.69, 9.17) is 0 Å². The van der Waals surface area contributed by atoms with Gasteiger partial charge in [-0.1, -0.05) is 289 Å². The van der Waals surface area contributed by atoms with Crippen molar-refractivity contribution in [3.63, 3.8) is 0 Å². The summed E-state index contributed by atoms with van der Waals surface area (Å²) in [5.74, 6) is 0.0332. The molecule has 0 radical (unpaired) electrons. The van der Waals surface area contributed by atoms with Crippen LogP contribution < -0.4 is 9.80 Å². The minimum absolute atomic E-state index is 0.0166. The summed E-state index contributed by atoms with van der Waals surface area (Å²) in [6.07, 6.45) is 0. The number of nitrogens with zero attached hydrogens (tertiary/aromatic N) is 2. The van der Waals surface area contributed by atoms with Gasteiger partial charge >= 0.3 is 0 Å². The van der Waals surface area contributed by atoms with Crippen LogP contribution in [-0.2, 0) is 21.7 Å². The molecule has 0 N–H and O–H groups in total. The highest BCUT2D eigenvalue weighted by atomic mass is 32.1. The van der Waals surface area contributed by atoms with Gasteiger partial charge in [0.25, 0.3) is 0 Å². The van der Waals surface area contributed by atoms with Crippen LogP contribution in [0.3, 0.4) is 0 Å². The van der Waals surface area contributed by atoms with E-state index in [-0.39, 0.29) is 33.5 Å². The van der Waals surface area contributed by atoms with Crippen LogP contribution in [0.4, 0.5) is 34.1 Å². The van der Waals surface area contributed by atoms with Gasteiger partial charge in [-0.25, -0.2) is 0 Å². The third-order valence-electron chi connectivity index (χ3n) is 24.5. The molecular weight excluding hydrogens is 1400 g/mol. The fourth-order valence-corrected chi connectivity index (χ4v) is 22.2. The van der Waals surface area contributed by atoms with E-state index in [0.717, 1.165) is 22.7 Å². The van der Waals surface area contributed by atoms with Gasteiger partial charge in [-0.2, -0.15) is 0 Å². The molecule has 2 aliphatic carbocycles. The Hall–Kier alpha value is -11.2. The second-order valence-electron chi connectivity index (χ2n) is 35.6. The number of anilines is 6. The molecule has 19 aromatic rings. The normalized spacial score (nSPS) is 14.5. The minimum atomic E-state index is -0.0394. The third kappa shape index (κ3) is 10.8. The van der Waals surface area contributed by atoms with Gasteiger partial charge in [0.05, 0.1) is 11.4 Å². The molecule has 2 aliphatic rings. The average Bonchev–Trinajstić information content (AvgIpc) is 1.56. The first-order valence-electron chi connectivity index (χ1n) is 39.4. The molecule has 0 amide bonds. The first-order chi connectivity index (χ1) is 53.5. The summed E-state index contributed by atoms with van der Waals surface area (Å²) in [5.41, 5.74) is 25.8. The smallest absolute Gasteiger partial charge is 0.0543 e. The SMILES string of the molecule is CC(C)(C)c1cc(C2c3ccc4ccccc4c3-c3c2cc(N(c2ccccc2)c2ccc4c(c2)sc2cc5c(cc24)sc2cc4c(cc25)sc2cc(N(c5ccccc5)c5cc6c(c7ccccc57)-c5c(ccc7ccccc57)C6c5cc(C(C)(C)C)cc(C(C)(C)C)c5)ccc24)c2ccccc32)cc(C(C)(C)C)c1. The lowest BCUT2D eigenvalue weighted by Crippen LogP contribution is -2.18. The first-order valence-corrected chi connectivity index (χ1v) is 41.9. The lowest BCUT2D eigenvalue weighted by Gasteiger charge is -2.30. The molecule has 21 rings (SSSR count). The number of hydrogen-bond acceptors (Lipinski definition) is 5. The number of fused-ring (bicyclic) bond motifs is 23. The van der Waals surface area contributed by atoms with Crippen molar-refractivity contribution < 1.29 is 0 Å². The van der Waals surface area contributed by atoms with Crippen molar-refractivity contribution in [1.82, 2.24) is 0 Å². The topological polar surface area (TPSA) is 6.48 Å². The predicted octanol–water partition coefficient (Wildman–Crippen LogP) is 31.9. The van der Waals surface area contributed by atoms with Crippen molar-refractivity contribution in [3.8, 4) is 22.3 Å². The molecule has 0 fully saturated rings. The summed E-state index contributed by atoms with van der Waals surface area (Å²) in [6.45, 7) is 28.4. The van der Waals surface area contributed by atoms with Gasteiger partial charge in [0.2, 0.25) is 0 Å². The Morgan fingerprint density at radius 3 is 0.865 bits per heavy atom. The van der Waals surface area contributed by atoms with E-state index in [1.807, 2.05) is 34.0 Å². The van der Waals surface area contributed by atoms with Crippen molar-refractivity contribution in [2.24, 2.45) is 0 Å². The Kier molecular flexibility index (Phi) is 15.1. The number of para-hydroxylation sites is 2. The highest BCUT2D eigenvalue weighted by Crippen LogP contribution is 2.60. The second-order valence-corrected chi connectivity index (χ2v) is 38.8. The fourth-order valence-electron chi connectivity index (χ4n) is 18.8. The number of rotatable bonds is 8. The largest absolute Gasteiger partial charge is 0.310 e. The predicted molar refractivity (Wildman–Crippen MR) is 485 cm³/mol. The molecule has 16 aromatic carbocycles. The van der Waals surface area contributed by atoms with E-state index in [1.54, 1.807) is 0 Å². The Labute approximate surface area is 662 Å². The highest BCUT2D eigenvalue weighted by Gasteiger charge is 2.39. The Bertz CT molecular complexity index is 6650. The summed E-state index contributed by atoms with van der Waals surface area (Å²) in [7, 11) is 0. The zero-order valence-electron chi connectivity index (χ0n) is 65.0. The van der Waals surface area contributed by atoms with E-state index in [0.29, 0.717) is 0 Å². The number of benzene rings is 16. The van der Waals surface area contributed by atoms with Crippen LogP contribution >= 0.6 is 34.0 Å². The van der Waals surface area contributed by atoms with Gasteiger partial charge in [0.1, 0.15) is 0 Å². The summed E-state index contributed by atoms with van der Waals surface area (Å²) in [4.78, 5) is 5.09. The molecule has 2 nitrogen and oxygen atoms in total. The zero-order chi connectivity index (χ0) is 75.5. The molecule has 5 heteroatoms. The monoisotopic (exact) mass is 1480 g/mol. The van der Waals surface area contributed by atoms with Gasteiger partial charge in [-0.15, -0.1) is 34.0 Å². The molecule has 0 saturated carbocycles. The summed E-state index contributed by atoms with van der Waals surface area (Å²) < 4.78 is 7.81. The molecule has 538 valence electrons. The molecule has 2 atom stereocenters. The van der Waals surface area contributed by atoms with Crippen LogP contribution in [0.5, 0.6) is 0 Å². The summed E-state index contributed by atoms with van der Waals surface area (Å²) in [5, 5.41) is 18.0. The fraction of sp³-hybridized carbons (Fsp3) is 0.170. The lowest BCUT2D eigenvalue weighted by atomic mass is 9.76. The third-order valence-corrected chi connectivity index (χ3v) is 27.8. The average molecular weight is 1480 g/mol. The van der Waals surface area contributed by atoms with Gasteiger partial charge in [-0.05, 0) is 217 Å². The van der Waals surface area contributed by atoms with E-state index in [9.17, 15) is 0 Å². The Morgan fingerprint density at radius 2 is 0.514 bits per heavy atom. The number of thiophene rings is 3. The van der Waals surface area contributed by atoms with Crippen LogP contribution in [-0.4, -0.2) is 0 Å². The van der Waals surface area contributed by atoms with Gasteiger partial charge in [0.15, 0.2) is 0 Å². The van der Waals surface area contributed by atoms with Crippen LogP contribution in [0.2, 0.25) is 0 Å². The highest BCUT2D eigenvalue weighted by molar-refractivity contribution is 7.28. The van der Waals surface area contributed by atoms with Crippen molar-refractivity contribution >= 4 is 172 Å². The maximum atomic E-state index is 2.58. The maximum Gasteiger partial charge on any atom is 0.0543 e. The van der Waals surface area contributed by atoms with E-state index in [2.05, 4.69) is 384 Å².